The van der Waals surface area contributed by atoms with Gasteiger partial charge in [0.25, 0.3) is 5.91 Å². The van der Waals surface area contributed by atoms with E-state index in [-0.39, 0.29) is 5.91 Å². The zero-order valence-electron chi connectivity index (χ0n) is 13.0. The van der Waals surface area contributed by atoms with Crippen molar-refractivity contribution in [3.8, 4) is 0 Å². The molecule has 0 aromatic heterocycles. The first-order chi connectivity index (χ1) is 10.7. The molecule has 2 aromatic carbocycles. The Hall–Kier alpha value is -2.29. The van der Waals surface area contributed by atoms with Crippen LogP contribution in [0.4, 0.5) is 5.69 Å². The van der Waals surface area contributed by atoms with E-state index in [2.05, 4.69) is 17.0 Å². The first kappa shape index (κ1) is 14.6. The molecular formula is C19H22N2O. The molecule has 1 amide bonds. The van der Waals surface area contributed by atoms with Crippen molar-refractivity contribution in [1.82, 2.24) is 4.90 Å². The summed E-state index contributed by atoms with van der Waals surface area (Å²) in [4.78, 5) is 16.6. The Morgan fingerprint density at radius 1 is 1.00 bits per heavy atom. The van der Waals surface area contributed by atoms with E-state index in [1.807, 2.05) is 49.5 Å². The average Bonchev–Trinajstić information content (AvgIpc) is 3.10. The monoisotopic (exact) mass is 294 g/mol. The van der Waals surface area contributed by atoms with Gasteiger partial charge in [0, 0.05) is 37.9 Å². The number of hydrogen-bond acceptors (Lipinski definition) is 2. The van der Waals surface area contributed by atoms with Gasteiger partial charge in [0.05, 0.1) is 0 Å². The van der Waals surface area contributed by atoms with E-state index in [4.69, 9.17) is 0 Å². The molecule has 22 heavy (non-hydrogen) atoms. The summed E-state index contributed by atoms with van der Waals surface area (Å²) < 4.78 is 0. The average molecular weight is 294 g/mol. The number of benzene rings is 2. The number of carbonyl (C=O) groups is 1. The maximum absolute atomic E-state index is 12.5. The SMILES string of the molecule is CN(Cc1ccccc1)C(=O)c1ccc(N2CCCC2)cc1. The van der Waals surface area contributed by atoms with Crippen LogP contribution in [0.15, 0.2) is 54.6 Å². The maximum Gasteiger partial charge on any atom is 0.253 e. The Morgan fingerprint density at radius 2 is 1.64 bits per heavy atom. The zero-order valence-corrected chi connectivity index (χ0v) is 13.0. The quantitative estimate of drug-likeness (QED) is 0.861. The Kier molecular flexibility index (Phi) is 4.42. The van der Waals surface area contributed by atoms with Gasteiger partial charge in [-0.05, 0) is 42.7 Å². The fraction of sp³-hybridized carbons (Fsp3) is 0.316. The summed E-state index contributed by atoms with van der Waals surface area (Å²) in [5.74, 6) is 0.0665. The van der Waals surface area contributed by atoms with Crippen LogP contribution in [0.2, 0.25) is 0 Å². The fourth-order valence-electron chi connectivity index (χ4n) is 2.94. The molecule has 3 rings (SSSR count). The molecule has 0 unspecified atom stereocenters. The van der Waals surface area contributed by atoms with Gasteiger partial charge in [0.2, 0.25) is 0 Å². The van der Waals surface area contributed by atoms with Crippen LogP contribution in [-0.4, -0.2) is 30.9 Å². The molecule has 0 N–H and O–H groups in total. The van der Waals surface area contributed by atoms with Gasteiger partial charge < -0.3 is 9.80 Å². The fourth-order valence-corrected chi connectivity index (χ4v) is 2.94. The van der Waals surface area contributed by atoms with Crippen molar-refractivity contribution in [1.29, 1.82) is 0 Å². The van der Waals surface area contributed by atoms with Gasteiger partial charge in [-0.1, -0.05) is 30.3 Å². The molecule has 0 bridgehead atoms. The van der Waals surface area contributed by atoms with Crippen molar-refractivity contribution in [2.45, 2.75) is 19.4 Å². The highest BCUT2D eigenvalue weighted by Crippen LogP contribution is 2.21. The van der Waals surface area contributed by atoms with Crippen LogP contribution in [-0.2, 0) is 6.54 Å². The van der Waals surface area contributed by atoms with E-state index in [9.17, 15) is 4.79 Å². The van der Waals surface area contributed by atoms with Crippen LogP contribution in [0.5, 0.6) is 0 Å². The Morgan fingerprint density at radius 3 is 2.27 bits per heavy atom. The van der Waals surface area contributed by atoms with E-state index in [0.29, 0.717) is 6.54 Å². The topological polar surface area (TPSA) is 23.6 Å². The van der Waals surface area contributed by atoms with Gasteiger partial charge in [-0.25, -0.2) is 0 Å². The molecule has 0 radical (unpaired) electrons. The predicted molar refractivity (Wildman–Crippen MR) is 90.1 cm³/mol. The third-order valence-corrected chi connectivity index (χ3v) is 4.19. The first-order valence-electron chi connectivity index (χ1n) is 7.88. The molecule has 1 aliphatic rings. The van der Waals surface area contributed by atoms with E-state index in [1.165, 1.54) is 18.5 Å². The molecule has 3 heteroatoms. The molecule has 3 nitrogen and oxygen atoms in total. The standard InChI is InChI=1S/C19H22N2O/c1-20(15-16-7-3-2-4-8-16)19(22)17-9-11-18(12-10-17)21-13-5-6-14-21/h2-4,7-12H,5-6,13-15H2,1H3. The highest BCUT2D eigenvalue weighted by Gasteiger charge is 2.15. The summed E-state index contributed by atoms with van der Waals surface area (Å²) in [6.45, 7) is 2.88. The highest BCUT2D eigenvalue weighted by molar-refractivity contribution is 5.94. The number of nitrogens with zero attached hydrogens (tertiary/aromatic N) is 2. The number of amides is 1. The van der Waals surface area contributed by atoms with Gasteiger partial charge >= 0.3 is 0 Å². The molecule has 0 atom stereocenters. The van der Waals surface area contributed by atoms with Gasteiger partial charge in [-0.15, -0.1) is 0 Å². The summed E-state index contributed by atoms with van der Waals surface area (Å²) in [6.07, 6.45) is 2.53. The van der Waals surface area contributed by atoms with Crippen molar-refractivity contribution in [3.05, 3.63) is 65.7 Å². The van der Waals surface area contributed by atoms with E-state index < -0.39 is 0 Å². The minimum Gasteiger partial charge on any atom is -0.372 e. The number of rotatable bonds is 4. The third-order valence-electron chi connectivity index (χ3n) is 4.19. The summed E-state index contributed by atoms with van der Waals surface area (Å²) in [7, 11) is 1.85. The van der Waals surface area contributed by atoms with Crippen molar-refractivity contribution >= 4 is 11.6 Å². The molecule has 1 heterocycles. The summed E-state index contributed by atoms with van der Waals surface area (Å²) >= 11 is 0. The Balaban J connectivity index is 1.66. The molecule has 114 valence electrons. The Bertz CT molecular complexity index is 616. The van der Waals surface area contributed by atoms with Crippen molar-refractivity contribution < 1.29 is 4.79 Å². The zero-order chi connectivity index (χ0) is 15.4. The second-order valence-electron chi connectivity index (χ2n) is 5.89. The van der Waals surface area contributed by atoms with Crippen molar-refractivity contribution in [2.24, 2.45) is 0 Å². The maximum atomic E-state index is 12.5. The molecule has 1 fully saturated rings. The van der Waals surface area contributed by atoms with Crippen LogP contribution in [0.25, 0.3) is 0 Å². The molecule has 0 aliphatic carbocycles. The summed E-state index contributed by atoms with van der Waals surface area (Å²) in [5, 5.41) is 0. The summed E-state index contributed by atoms with van der Waals surface area (Å²) in [6, 6.07) is 18.1. The number of carbonyl (C=O) groups excluding carboxylic acids is 1. The van der Waals surface area contributed by atoms with Crippen LogP contribution in [0.1, 0.15) is 28.8 Å². The number of anilines is 1. The highest BCUT2D eigenvalue weighted by atomic mass is 16.2. The second kappa shape index (κ2) is 6.65. The largest absolute Gasteiger partial charge is 0.372 e. The molecule has 1 saturated heterocycles. The molecular weight excluding hydrogens is 272 g/mol. The smallest absolute Gasteiger partial charge is 0.253 e. The lowest BCUT2D eigenvalue weighted by molar-refractivity contribution is 0.0785. The lowest BCUT2D eigenvalue weighted by Gasteiger charge is -2.20. The molecule has 1 aliphatic heterocycles. The lowest BCUT2D eigenvalue weighted by Crippen LogP contribution is -2.26. The summed E-state index contributed by atoms with van der Waals surface area (Å²) in [5.41, 5.74) is 3.12. The molecule has 0 spiro atoms. The third kappa shape index (κ3) is 3.30. The van der Waals surface area contributed by atoms with Gasteiger partial charge in [-0.2, -0.15) is 0 Å². The molecule has 0 saturated carbocycles. The van der Waals surface area contributed by atoms with Gasteiger partial charge in [0.1, 0.15) is 0 Å². The second-order valence-corrected chi connectivity index (χ2v) is 5.89. The van der Waals surface area contributed by atoms with Crippen molar-refractivity contribution in [3.63, 3.8) is 0 Å². The van der Waals surface area contributed by atoms with Gasteiger partial charge in [0.15, 0.2) is 0 Å². The van der Waals surface area contributed by atoms with E-state index in [1.54, 1.807) is 4.90 Å². The lowest BCUT2D eigenvalue weighted by atomic mass is 10.1. The van der Waals surface area contributed by atoms with Crippen LogP contribution in [0.3, 0.4) is 0 Å². The number of hydrogen-bond donors (Lipinski definition) is 0. The Labute approximate surface area is 132 Å². The minimum absolute atomic E-state index is 0.0665. The van der Waals surface area contributed by atoms with Gasteiger partial charge in [-0.3, -0.25) is 4.79 Å². The van der Waals surface area contributed by atoms with Crippen LogP contribution in [0, 0.1) is 0 Å². The normalized spacial score (nSPS) is 14.1. The van der Waals surface area contributed by atoms with E-state index in [0.717, 1.165) is 24.2 Å². The van der Waals surface area contributed by atoms with Crippen molar-refractivity contribution in [2.75, 3.05) is 25.0 Å². The van der Waals surface area contributed by atoms with Crippen LogP contribution >= 0.6 is 0 Å². The van der Waals surface area contributed by atoms with Crippen LogP contribution < -0.4 is 4.90 Å². The molecule has 2 aromatic rings. The van der Waals surface area contributed by atoms with E-state index >= 15 is 0 Å². The predicted octanol–water partition coefficient (Wildman–Crippen LogP) is 3.56. The minimum atomic E-state index is 0.0665. The first-order valence-corrected chi connectivity index (χ1v) is 7.88.